The largest absolute Gasteiger partial charge is 0.309 e. The standard InChI is InChI=1S/C18H34N2/c1-19(2)10-5-11-20-12-8-18(9-13-20)14-16-6-3-4-7-17(16)15-18/h16-17H,3-15H2,1-2H3/t16-,17-/m1/s1. The average molecular weight is 278 g/mol. The van der Waals surface area contributed by atoms with Gasteiger partial charge in [-0.25, -0.2) is 0 Å². The molecule has 2 saturated carbocycles. The summed E-state index contributed by atoms with van der Waals surface area (Å²) >= 11 is 0. The molecule has 0 amide bonds. The number of nitrogens with zero attached hydrogens (tertiary/aromatic N) is 2. The van der Waals surface area contributed by atoms with Crippen molar-refractivity contribution >= 4 is 0 Å². The second-order valence-corrected chi connectivity index (χ2v) is 8.21. The van der Waals surface area contributed by atoms with Crippen LogP contribution in [-0.4, -0.2) is 50.1 Å². The van der Waals surface area contributed by atoms with Gasteiger partial charge in [-0.05, 0) is 89.6 Å². The highest BCUT2D eigenvalue weighted by Crippen LogP contribution is 2.55. The molecule has 2 nitrogen and oxygen atoms in total. The van der Waals surface area contributed by atoms with Crippen LogP contribution in [0, 0.1) is 17.3 Å². The van der Waals surface area contributed by atoms with Gasteiger partial charge in [0.1, 0.15) is 0 Å². The summed E-state index contributed by atoms with van der Waals surface area (Å²) in [6.45, 7) is 5.33. The van der Waals surface area contributed by atoms with Gasteiger partial charge in [-0.2, -0.15) is 0 Å². The third-order valence-electron chi connectivity index (χ3n) is 6.45. The number of likely N-dealkylation sites (tertiary alicyclic amines) is 1. The monoisotopic (exact) mass is 278 g/mol. The summed E-state index contributed by atoms with van der Waals surface area (Å²) in [6.07, 6.45) is 13.7. The van der Waals surface area contributed by atoms with E-state index in [1.807, 2.05) is 0 Å². The lowest BCUT2D eigenvalue weighted by Gasteiger charge is -2.40. The summed E-state index contributed by atoms with van der Waals surface area (Å²) in [4.78, 5) is 5.05. The Morgan fingerprint density at radius 3 is 2.15 bits per heavy atom. The summed E-state index contributed by atoms with van der Waals surface area (Å²) in [6, 6.07) is 0. The zero-order valence-corrected chi connectivity index (χ0v) is 13.7. The molecular formula is C18H34N2. The van der Waals surface area contributed by atoms with Gasteiger partial charge in [0.15, 0.2) is 0 Å². The fourth-order valence-electron chi connectivity index (χ4n) is 5.29. The maximum Gasteiger partial charge on any atom is -0.000654 e. The fraction of sp³-hybridized carbons (Fsp3) is 1.00. The zero-order valence-electron chi connectivity index (χ0n) is 13.7. The van der Waals surface area contributed by atoms with Gasteiger partial charge in [0.05, 0.1) is 0 Å². The first-order chi connectivity index (χ1) is 9.67. The average Bonchev–Trinajstić information content (AvgIpc) is 2.79. The Morgan fingerprint density at radius 2 is 1.60 bits per heavy atom. The molecule has 2 heteroatoms. The predicted molar refractivity (Wildman–Crippen MR) is 86.0 cm³/mol. The summed E-state index contributed by atoms with van der Waals surface area (Å²) in [7, 11) is 4.37. The lowest BCUT2D eigenvalue weighted by Crippen LogP contribution is -2.40. The highest BCUT2D eigenvalue weighted by molar-refractivity contribution is 4.98. The van der Waals surface area contributed by atoms with Gasteiger partial charge in [-0.15, -0.1) is 0 Å². The maximum absolute atomic E-state index is 2.73. The molecule has 0 aromatic carbocycles. The molecular weight excluding hydrogens is 244 g/mol. The minimum atomic E-state index is 0.776. The number of hydrogen-bond acceptors (Lipinski definition) is 2. The van der Waals surface area contributed by atoms with Crippen LogP contribution in [-0.2, 0) is 0 Å². The van der Waals surface area contributed by atoms with Crippen molar-refractivity contribution < 1.29 is 0 Å². The normalized spacial score (nSPS) is 33.8. The molecule has 2 aliphatic carbocycles. The van der Waals surface area contributed by atoms with E-state index >= 15 is 0 Å². The topological polar surface area (TPSA) is 6.48 Å². The van der Waals surface area contributed by atoms with Gasteiger partial charge in [-0.3, -0.25) is 0 Å². The van der Waals surface area contributed by atoms with Gasteiger partial charge in [-0.1, -0.05) is 25.7 Å². The van der Waals surface area contributed by atoms with E-state index in [0.717, 1.165) is 17.3 Å². The Morgan fingerprint density at radius 1 is 1.00 bits per heavy atom. The Bertz CT molecular complexity index is 289. The SMILES string of the molecule is CN(C)CCCN1CCC2(CC1)C[C@H]1CCCC[C@@H]1C2. The zero-order chi connectivity index (χ0) is 14.0. The minimum absolute atomic E-state index is 0.776. The van der Waals surface area contributed by atoms with E-state index in [0.29, 0.717) is 0 Å². The van der Waals surface area contributed by atoms with Gasteiger partial charge in [0.2, 0.25) is 0 Å². The van der Waals surface area contributed by atoms with Crippen molar-refractivity contribution in [1.29, 1.82) is 0 Å². The Balaban J connectivity index is 1.44. The molecule has 0 radical (unpaired) electrons. The van der Waals surface area contributed by atoms with Crippen LogP contribution >= 0.6 is 0 Å². The van der Waals surface area contributed by atoms with Crippen molar-refractivity contribution in [2.45, 2.75) is 57.8 Å². The Kier molecular flexibility index (Phi) is 4.72. The third kappa shape index (κ3) is 3.39. The number of fused-ring (bicyclic) bond motifs is 1. The van der Waals surface area contributed by atoms with E-state index < -0.39 is 0 Å². The van der Waals surface area contributed by atoms with Crippen molar-refractivity contribution in [3.05, 3.63) is 0 Å². The van der Waals surface area contributed by atoms with Crippen molar-refractivity contribution in [3.63, 3.8) is 0 Å². The lowest BCUT2D eigenvalue weighted by molar-refractivity contribution is 0.100. The molecule has 116 valence electrons. The fourth-order valence-corrected chi connectivity index (χ4v) is 5.29. The van der Waals surface area contributed by atoms with Gasteiger partial charge >= 0.3 is 0 Å². The van der Waals surface area contributed by atoms with Gasteiger partial charge in [0, 0.05) is 0 Å². The summed E-state index contributed by atoms with van der Waals surface area (Å²) in [5.41, 5.74) is 0.776. The van der Waals surface area contributed by atoms with Crippen LogP contribution in [0.3, 0.4) is 0 Å². The molecule has 20 heavy (non-hydrogen) atoms. The van der Waals surface area contributed by atoms with Gasteiger partial charge < -0.3 is 9.80 Å². The molecule has 1 aliphatic heterocycles. The number of rotatable bonds is 4. The molecule has 0 aromatic rings. The first-order valence-electron chi connectivity index (χ1n) is 9.04. The smallest absolute Gasteiger partial charge is 0.000654 e. The molecule has 1 saturated heterocycles. The van der Waals surface area contributed by atoms with Crippen LogP contribution in [0.1, 0.15) is 57.8 Å². The second kappa shape index (κ2) is 6.36. The number of piperidine rings is 1. The molecule has 1 spiro atoms. The molecule has 2 atom stereocenters. The van der Waals surface area contributed by atoms with E-state index in [9.17, 15) is 0 Å². The third-order valence-corrected chi connectivity index (χ3v) is 6.45. The molecule has 3 rings (SSSR count). The Hall–Kier alpha value is -0.0800. The summed E-state index contributed by atoms with van der Waals surface area (Å²) in [5.74, 6) is 2.23. The highest BCUT2D eigenvalue weighted by Gasteiger charge is 2.46. The van der Waals surface area contributed by atoms with Crippen LogP contribution in [0.25, 0.3) is 0 Å². The minimum Gasteiger partial charge on any atom is -0.309 e. The van der Waals surface area contributed by atoms with Crippen LogP contribution in [0.15, 0.2) is 0 Å². The summed E-state index contributed by atoms with van der Waals surface area (Å²) in [5, 5.41) is 0. The first kappa shape index (κ1) is 14.8. The van der Waals surface area contributed by atoms with E-state index in [4.69, 9.17) is 0 Å². The lowest BCUT2D eigenvalue weighted by atomic mass is 9.76. The molecule has 0 N–H and O–H groups in total. The molecule has 0 bridgehead atoms. The molecule has 0 aromatic heterocycles. The first-order valence-corrected chi connectivity index (χ1v) is 9.04. The van der Waals surface area contributed by atoms with Crippen LogP contribution in [0.4, 0.5) is 0 Å². The quantitative estimate of drug-likeness (QED) is 0.775. The van der Waals surface area contributed by atoms with Crippen LogP contribution < -0.4 is 0 Å². The molecule has 1 heterocycles. The van der Waals surface area contributed by atoms with E-state index in [1.54, 1.807) is 25.7 Å². The van der Waals surface area contributed by atoms with Crippen LogP contribution in [0.2, 0.25) is 0 Å². The molecule has 0 unspecified atom stereocenters. The number of hydrogen-bond donors (Lipinski definition) is 0. The van der Waals surface area contributed by atoms with Gasteiger partial charge in [0.25, 0.3) is 0 Å². The van der Waals surface area contributed by atoms with Crippen LogP contribution in [0.5, 0.6) is 0 Å². The molecule has 3 fully saturated rings. The van der Waals surface area contributed by atoms with Crippen molar-refractivity contribution in [3.8, 4) is 0 Å². The highest BCUT2D eigenvalue weighted by atomic mass is 15.1. The Labute approximate surface area is 125 Å². The predicted octanol–water partition coefficient (Wildman–Crippen LogP) is 3.62. The van der Waals surface area contributed by atoms with Crippen molar-refractivity contribution in [1.82, 2.24) is 9.80 Å². The van der Waals surface area contributed by atoms with E-state index in [1.165, 1.54) is 58.3 Å². The van der Waals surface area contributed by atoms with E-state index in [-0.39, 0.29) is 0 Å². The molecule has 3 aliphatic rings. The maximum atomic E-state index is 2.73. The van der Waals surface area contributed by atoms with Crippen molar-refractivity contribution in [2.24, 2.45) is 17.3 Å². The van der Waals surface area contributed by atoms with E-state index in [2.05, 4.69) is 23.9 Å². The van der Waals surface area contributed by atoms with Crippen molar-refractivity contribution in [2.75, 3.05) is 40.3 Å². The summed E-state index contributed by atoms with van der Waals surface area (Å²) < 4.78 is 0. The second-order valence-electron chi connectivity index (χ2n) is 8.21.